The average Bonchev–Trinajstić information content (AvgIpc) is 3.28. The van der Waals surface area contributed by atoms with Gasteiger partial charge in [-0.1, -0.05) is 18.2 Å². The van der Waals surface area contributed by atoms with Crippen LogP contribution >= 0.6 is 0 Å². The largest absolute Gasteiger partial charge is 0.319 e. The molecule has 4 aromatic rings. The van der Waals surface area contributed by atoms with E-state index in [1.54, 1.807) is 0 Å². The summed E-state index contributed by atoms with van der Waals surface area (Å²) in [6.45, 7) is 4.24. The fraction of sp³-hybridized carbons (Fsp3) is 0.0870. The summed E-state index contributed by atoms with van der Waals surface area (Å²) in [5.74, 6) is 0. The summed E-state index contributed by atoms with van der Waals surface area (Å²) in [6.07, 6.45) is 3.96. The van der Waals surface area contributed by atoms with Gasteiger partial charge in [0.25, 0.3) is 0 Å². The van der Waals surface area contributed by atoms with E-state index in [1.165, 1.54) is 11.4 Å². The lowest BCUT2D eigenvalue weighted by atomic mass is 10.2. The molecule has 2 heterocycles. The summed E-state index contributed by atoms with van der Waals surface area (Å²) in [4.78, 5) is 4.65. The predicted octanol–water partition coefficient (Wildman–Crippen LogP) is 5.64. The standard InChI is InChI=1S/C23H21N3/c1-18-10-11-19(2)26(18)22-14-12-20(13-15-22)24-17-23-9-6-16-25(23)21-7-4-3-5-8-21/h3-17H,1-2H3. The molecule has 4 rings (SSSR count). The summed E-state index contributed by atoms with van der Waals surface area (Å²) >= 11 is 0. The van der Waals surface area contributed by atoms with Crippen LogP contribution in [0.1, 0.15) is 17.1 Å². The smallest absolute Gasteiger partial charge is 0.0639 e. The van der Waals surface area contributed by atoms with Crippen molar-refractivity contribution >= 4 is 11.9 Å². The van der Waals surface area contributed by atoms with Gasteiger partial charge in [-0.3, -0.25) is 4.99 Å². The fourth-order valence-electron chi connectivity index (χ4n) is 3.23. The van der Waals surface area contributed by atoms with Gasteiger partial charge < -0.3 is 9.13 Å². The van der Waals surface area contributed by atoms with E-state index < -0.39 is 0 Å². The van der Waals surface area contributed by atoms with Gasteiger partial charge in [-0.15, -0.1) is 0 Å². The van der Waals surface area contributed by atoms with E-state index in [9.17, 15) is 0 Å². The van der Waals surface area contributed by atoms with Crippen LogP contribution in [0.4, 0.5) is 5.69 Å². The van der Waals surface area contributed by atoms with Gasteiger partial charge >= 0.3 is 0 Å². The third-order valence-electron chi connectivity index (χ3n) is 4.54. The van der Waals surface area contributed by atoms with Crippen molar-refractivity contribution in [3.8, 4) is 11.4 Å². The van der Waals surface area contributed by atoms with E-state index >= 15 is 0 Å². The maximum absolute atomic E-state index is 4.65. The molecule has 0 N–H and O–H groups in total. The normalized spacial score (nSPS) is 11.3. The van der Waals surface area contributed by atoms with Crippen LogP contribution < -0.4 is 0 Å². The van der Waals surface area contributed by atoms with Crippen LogP contribution in [0.3, 0.4) is 0 Å². The molecule has 0 aliphatic carbocycles. The maximum Gasteiger partial charge on any atom is 0.0639 e. The number of aliphatic imine (C=N–C) groups is 1. The van der Waals surface area contributed by atoms with Crippen LogP contribution in [0, 0.1) is 13.8 Å². The lowest BCUT2D eigenvalue weighted by Gasteiger charge is -2.09. The van der Waals surface area contributed by atoms with Gasteiger partial charge in [-0.2, -0.15) is 0 Å². The molecule has 3 nitrogen and oxygen atoms in total. The first-order valence-electron chi connectivity index (χ1n) is 8.74. The predicted molar refractivity (Wildman–Crippen MR) is 108 cm³/mol. The molecule has 26 heavy (non-hydrogen) atoms. The van der Waals surface area contributed by atoms with Gasteiger partial charge in [0.2, 0.25) is 0 Å². The minimum atomic E-state index is 0.942. The van der Waals surface area contributed by atoms with Gasteiger partial charge in [0.15, 0.2) is 0 Å². The van der Waals surface area contributed by atoms with Crippen molar-refractivity contribution < 1.29 is 0 Å². The molecule has 0 bridgehead atoms. The van der Waals surface area contributed by atoms with E-state index in [0.717, 1.165) is 22.8 Å². The molecule has 0 atom stereocenters. The highest BCUT2D eigenvalue weighted by atomic mass is 15.0. The van der Waals surface area contributed by atoms with Crippen LogP contribution in [-0.2, 0) is 0 Å². The average molecular weight is 339 g/mol. The topological polar surface area (TPSA) is 22.2 Å². The first-order chi connectivity index (χ1) is 12.7. The lowest BCUT2D eigenvalue weighted by Crippen LogP contribution is -1.98. The van der Waals surface area contributed by atoms with Gasteiger partial charge in [-0.05, 0) is 74.5 Å². The minimum Gasteiger partial charge on any atom is -0.319 e. The fourth-order valence-corrected chi connectivity index (χ4v) is 3.23. The van der Waals surface area contributed by atoms with Crippen molar-refractivity contribution in [2.24, 2.45) is 4.99 Å². The molecule has 3 heteroatoms. The molecule has 0 saturated heterocycles. The van der Waals surface area contributed by atoms with Crippen LogP contribution in [0.5, 0.6) is 0 Å². The Bertz CT molecular complexity index is 1020. The highest BCUT2D eigenvalue weighted by molar-refractivity contribution is 5.81. The van der Waals surface area contributed by atoms with E-state index in [4.69, 9.17) is 0 Å². The summed E-state index contributed by atoms with van der Waals surface area (Å²) in [7, 11) is 0. The second-order valence-electron chi connectivity index (χ2n) is 6.36. The molecule has 0 unspecified atom stereocenters. The second-order valence-corrected chi connectivity index (χ2v) is 6.36. The van der Waals surface area contributed by atoms with Crippen LogP contribution in [0.25, 0.3) is 11.4 Å². The van der Waals surface area contributed by atoms with Crippen molar-refractivity contribution in [1.29, 1.82) is 0 Å². The summed E-state index contributed by atoms with van der Waals surface area (Å²) in [5.41, 5.74) is 6.76. The molecule has 128 valence electrons. The Morgan fingerprint density at radius 3 is 2.08 bits per heavy atom. The van der Waals surface area contributed by atoms with E-state index in [1.807, 2.05) is 30.5 Å². The summed E-state index contributed by atoms with van der Waals surface area (Å²) in [5, 5.41) is 0. The van der Waals surface area contributed by atoms with Crippen molar-refractivity contribution in [1.82, 2.24) is 9.13 Å². The molecule has 0 spiro atoms. The summed E-state index contributed by atoms with van der Waals surface area (Å²) < 4.78 is 4.37. The molecule has 0 aliphatic rings. The highest BCUT2D eigenvalue weighted by Crippen LogP contribution is 2.20. The Labute approximate surface area is 153 Å². The number of aryl methyl sites for hydroxylation is 2. The molecule has 0 aliphatic heterocycles. The van der Waals surface area contributed by atoms with Crippen molar-refractivity contribution in [3.05, 3.63) is 102 Å². The number of rotatable bonds is 4. The zero-order valence-electron chi connectivity index (χ0n) is 15.0. The van der Waals surface area contributed by atoms with E-state index in [0.29, 0.717) is 0 Å². The molecule has 0 fully saturated rings. The van der Waals surface area contributed by atoms with E-state index in [2.05, 4.69) is 88.8 Å². The Kier molecular flexibility index (Phi) is 4.28. The zero-order valence-corrected chi connectivity index (χ0v) is 15.0. The number of nitrogens with zero attached hydrogens (tertiary/aromatic N) is 3. The Balaban J connectivity index is 1.58. The Hall–Kier alpha value is -3.33. The number of hydrogen-bond acceptors (Lipinski definition) is 1. The number of para-hydroxylation sites is 1. The number of benzene rings is 2. The third-order valence-corrected chi connectivity index (χ3v) is 4.54. The first kappa shape index (κ1) is 16.2. The van der Waals surface area contributed by atoms with Crippen molar-refractivity contribution in [3.63, 3.8) is 0 Å². The van der Waals surface area contributed by atoms with E-state index in [-0.39, 0.29) is 0 Å². The second kappa shape index (κ2) is 6.89. The van der Waals surface area contributed by atoms with Gasteiger partial charge in [0.05, 0.1) is 17.6 Å². The third kappa shape index (κ3) is 3.11. The molecule has 2 aromatic carbocycles. The maximum atomic E-state index is 4.65. The van der Waals surface area contributed by atoms with Gasteiger partial charge in [0, 0.05) is 29.0 Å². The quantitative estimate of drug-likeness (QED) is 0.430. The molecular weight excluding hydrogens is 318 g/mol. The van der Waals surface area contributed by atoms with Gasteiger partial charge in [-0.25, -0.2) is 0 Å². The van der Waals surface area contributed by atoms with Gasteiger partial charge in [0.1, 0.15) is 0 Å². The molecule has 0 amide bonds. The minimum absolute atomic E-state index is 0.942. The van der Waals surface area contributed by atoms with Crippen LogP contribution in [-0.4, -0.2) is 15.3 Å². The Morgan fingerprint density at radius 2 is 1.38 bits per heavy atom. The first-order valence-corrected chi connectivity index (χ1v) is 8.74. The molecule has 0 radical (unpaired) electrons. The van der Waals surface area contributed by atoms with Crippen molar-refractivity contribution in [2.45, 2.75) is 13.8 Å². The lowest BCUT2D eigenvalue weighted by molar-refractivity contribution is 0.966. The zero-order chi connectivity index (χ0) is 17.9. The summed E-state index contributed by atoms with van der Waals surface area (Å²) in [6, 6.07) is 27.0. The molecule has 2 aromatic heterocycles. The highest BCUT2D eigenvalue weighted by Gasteiger charge is 2.04. The van der Waals surface area contributed by atoms with Crippen molar-refractivity contribution in [2.75, 3.05) is 0 Å². The Morgan fingerprint density at radius 1 is 0.692 bits per heavy atom. The monoisotopic (exact) mass is 339 g/mol. The molecular formula is C23H21N3. The number of aromatic nitrogens is 2. The van der Waals surface area contributed by atoms with Crippen LogP contribution in [0.2, 0.25) is 0 Å². The van der Waals surface area contributed by atoms with Crippen LogP contribution in [0.15, 0.2) is 90.1 Å². The SMILES string of the molecule is Cc1ccc(C)n1-c1ccc(N=Cc2cccn2-c2ccccc2)cc1. The number of hydrogen-bond donors (Lipinski definition) is 0. The molecule has 0 saturated carbocycles.